The highest BCUT2D eigenvalue weighted by molar-refractivity contribution is 5.79. The lowest BCUT2D eigenvalue weighted by Gasteiger charge is -2.40. The molecule has 0 aromatic heterocycles. The molecule has 0 bridgehead atoms. The number of likely N-dealkylation sites (tertiary alicyclic amines) is 1. The van der Waals surface area contributed by atoms with Crippen LogP contribution in [0, 0.1) is 23.7 Å². The van der Waals surface area contributed by atoms with Gasteiger partial charge in [0, 0.05) is 18.5 Å². The van der Waals surface area contributed by atoms with Crippen molar-refractivity contribution in [2.24, 2.45) is 29.4 Å². The molecule has 3 rings (SSSR count). The number of rotatable bonds is 2. The first-order valence-corrected chi connectivity index (χ1v) is 8.69. The first kappa shape index (κ1) is 14.4. The van der Waals surface area contributed by atoms with E-state index in [1.165, 1.54) is 38.5 Å². The van der Waals surface area contributed by atoms with Gasteiger partial charge in [-0.3, -0.25) is 4.79 Å². The van der Waals surface area contributed by atoms with Gasteiger partial charge in [0.15, 0.2) is 0 Å². The third kappa shape index (κ3) is 2.74. The Bertz CT molecular complexity index is 357. The molecule has 114 valence electrons. The molecule has 2 saturated carbocycles. The van der Waals surface area contributed by atoms with E-state index in [0.29, 0.717) is 23.8 Å². The van der Waals surface area contributed by atoms with Crippen molar-refractivity contribution in [2.75, 3.05) is 13.1 Å². The Morgan fingerprint density at radius 3 is 2.55 bits per heavy atom. The molecule has 2 aliphatic carbocycles. The van der Waals surface area contributed by atoms with Crippen LogP contribution >= 0.6 is 0 Å². The monoisotopic (exact) mass is 278 g/mol. The Balaban J connectivity index is 1.60. The summed E-state index contributed by atoms with van der Waals surface area (Å²) in [5.74, 6) is 3.06. The highest BCUT2D eigenvalue weighted by Crippen LogP contribution is 2.43. The summed E-state index contributed by atoms with van der Waals surface area (Å²) in [7, 11) is 0. The Kier molecular flexibility index (Phi) is 4.34. The maximum atomic E-state index is 12.8. The van der Waals surface area contributed by atoms with Crippen molar-refractivity contribution in [1.29, 1.82) is 0 Å². The molecule has 0 aromatic carbocycles. The second-order valence-electron chi connectivity index (χ2n) is 7.49. The molecule has 1 heterocycles. The summed E-state index contributed by atoms with van der Waals surface area (Å²) in [5.41, 5.74) is 5.79. The minimum Gasteiger partial charge on any atom is -0.339 e. The smallest absolute Gasteiger partial charge is 0.225 e. The summed E-state index contributed by atoms with van der Waals surface area (Å²) in [6.07, 6.45) is 10.3. The van der Waals surface area contributed by atoms with Crippen LogP contribution in [-0.4, -0.2) is 29.9 Å². The molecule has 2 N–H and O–H groups in total. The largest absolute Gasteiger partial charge is 0.339 e. The number of hydrogen-bond acceptors (Lipinski definition) is 2. The van der Waals surface area contributed by atoms with Crippen molar-refractivity contribution < 1.29 is 4.79 Å². The molecule has 0 radical (unpaired) electrons. The number of nitrogens with zero attached hydrogens (tertiary/aromatic N) is 1. The summed E-state index contributed by atoms with van der Waals surface area (Å²) in [6, 6.07) is 0.403. The summed E-state index contributed by atoms with van der Waals surface area (Å²) < 4.78 is 0. The Morgan fingerprint density at radius 1 is 1.10 bits per heavy atom. The quantitative estimate of drug-likeness (QED) is 0.844. The zero-order valence-electron chi connectivity index (χ0n) is 12.9. The molecule has 3 heteroatoms. The zero-order chi connectivity index (χ0) is 14.1. The van der Waals surface area contributed by atoms with Crippen LogP contribution in [0.2, 0.25) is 0 Å². The average molecular weight is 278 g/mol. The van der Waals surface area contributed by atoms with Gasteiger partial charge in [0.2, 0.25) is 5.91 Å². The van der Waals surface area contributed by atoms with Gasteiger partial charge in [-0.1, -0.05) is 25.7 Å². The molecule has 5 unspecified atom stereocenters. The summed E-state index contributed by atoms with van der Waals surface area (Å²) in [4.78, 5) is 15.0. The van der Waals surface area contributed by atoms with Gasteiger partial charge in [0.05, 0.1) is 0 Å². The molecular weight excluding hydrogens is 248 g/mol. The Labute approximate surface area is 123 Å². The highest BCUT2D eigenvalue weighted by Gasteiger charge is 2.39. The van der Waals surface area contributed by atoms with Crippen LogP contribution in [0.25, 0.3) is 0 Å². The van der Waals surface area contributed by atoms with Gasteiger partial charge in [0.25, 0.3) is 0 Å². The summed E-state index contributed by atoms with van der Waals surface area (Å²) in [5, 5.41) is 0. The SMILES string of the molecule is CC1CC(CN)CN1C(=O)C1CCC2CCCCC2C1. The predicted molar refractivity (Wildman–Crippen MR) is 81.1 cm³/mol. The van der Waals surface area contributed by atoms with Gasteiger partial charge in [-0.15, -0.1) is 0 Å². The molecule has 3 fully saturated rings. The Morgan fingerprint density at radius 2 is 1.85 bits per heavy atom. The van der Waals surface area contributed by atoms with E-state index in [-0.39, 0.29) is 0 Å². The molecule has 1 amide bonds. The van der Waals surface area contributed by atoms with E-state index in [4.69, 9.17) is 5.73 Å². The average Bonchev–Trinajstić information content (AvgIpc) is 2.87. The molecule has 0 aromatic rings. The fraction of sp³-hybridized carbons (Fsp3) is 0.941. The van der Waals surface area contributed by atoms with E-state index < -0.39 is 0 Å². The fourth-order valence-corrected chi connectivity index (χ4v) is 4.95. The molecule has 20 heavy (non-hydrogen) atoms. The van der Waals surface area contributed by atoms with E-state index in [1.807, 2.05) is 0 Å². The zero-order valence-corrected chi connectivity index (χ0v) is 12.9. The van der Waals surface area contributed by atoms with Gasteiger partial charge in [-0.2, -0.15) is 0 Å². The number of fused-ring (bicyclic) bond motifs is 1. The van der Waals surface area contributed by atoms with Gasteiger partial charge in [-0.25, -0.2) is 0 Å². The van der Waals surface area contributed by atoms with Crippen LogP contribution in [0.5, 0.6) is 0 Å². The molecular formula is C17H30N2O. The van der Waals surface area contributed by atoms with Crippen molar-refractivity contribution in [3.63, 3.8) is 0 Å². The number of hydrogen-bond donors (Lipinski definition) is 1. The second-order valence-corrected chi connectivity index (χ2v) is 7.49. The van der Waals surface area contributed by atoms with E-state index in [0.717, 1.165) is 37.8 Å². The third-order valence-corrected chi connectivity index (χ3v) is 6.17. The van der Waals surface area contributed by atoms with Crippen molar-refractivity contribution in [1.82, 2.24) is 4.90 Å². The summed E-state index contributed by atoms with van der Waals surface area (Å²) >= 11 is 0. The highest BCUT2D eigenvalue weighted by atomic mass is 16.2. The number of carbonyl (C=O) groups is 1. The van der Waals surface area contributed by atoms with Crippen molar-refractivity contribution >= 4 is 5.91 Å². The van der Waals surface area contributed by atoms with E-state index in [2.05, 4.69) is 11.8 Å². The van der Waals surface area contributed by atoms with Crippen molar-refractivity contribution in [3.05, 3.63) is 0 Å². The normalized spacial score (nSPS) is 41.5. The maximum Gasteiger partial charge on any atom is 0.225 e. The lowest BCUT2D eigenvalue weighted by atomic mass is 9.67. The summed E-state index contributed by atoms with van der Waals surface area (Å²) in [6.45, 7) is 3.82. The van der Waals surface area contributed by atoms with Crippen LogP contribution < -0.4 is 5.73 Å². The number of amides is 1. The minimum absolute atomic E-state index is 0.313. The van der Waals surface area contributed by atoms with Gasteiger partial charge >= 0.3 is 0 Å². The standard InChI is InChI=1S/C17H30N2O/c1-12-8-13(10-18)11-19(12)17(20)16-7-6-14-4-2-3-5-15(14)9-16/h12-16H,2-11,18H2,1H3. The third-order valence-electron chi connectivity index (χ3n) is 6.17. The van der Waals surface area contributed by atoms with Crippen LogP contribution in [0.3, 0.4) is 0 Å². The predicted octanol–water partition coefficient (Wildman–Crippen LogP) is 2.79. The van der Waals surface area contributed by atoms with Gasteiger partial charge < -0.3 is 10.6 Å². The van der Waals surface area contributed by atoms with Crippen LogP contribution in [0.4, 0.5) is 0 Å². The topological polar surface area (TPSA) is 46.3 Å². The first-order valence-electron chi connectivity index (χ1n) is 8.69. The van der Waals surface area contributed by atoms with E-state index >= 15 is 0 Å². The number of carbonyl (C=O) groups excluding carboxylic acids is 1. The Hall–Kier alpha value is -0.570. The lowest BCUT2D eigenvalue weighted by molar-refractivity contribution is -0.138. The second kappa shape index (κ2) is 6.05. The maximum absolute atomic E-state index is 12.8. The van der Waals surface area contributed by atoms with Crippen molar-refractivity contribution in [3.8, 4) is 0 Å². The molecule has 5 atom stereocenters. The molecule has 3 nitrogen and oxygen atoms in total. The van der Waals surface area contributed by atoms with Gasteiger partial charge in [-0.05, 0) is 56.9 Å². The fourth-order valence-electron chi connectivity index (χ4n) is 4.95. The molecule has 1 saturated heterocycles. The molecule has 0 spiro atoms. The lowest BCUT2D eigenvalue weighted by Crippen LogP contribution is -2.42. The molecule has 3 aliphatic rings. The van der Waals surface area contributed by atoms with Crippen molar-refractivity contribution in [2.45, 2.75) is 64.3 Å². The van der Waals surface area contributed by atoms with Crippen LogP contribution in [-0.2, 0) is 4.79 Å². The number of nitrogens with two attached hydrogens (primary N) is 1. The van der Waals surface area contributed by atoms with Crippen LogP contribution in [0.15, 0.2) is 0 Å². The molecule has 1 aliphatic heterocycles. The van der Waals surface area contributed by atoms with Crippen LogP contribution in [0.1, 0.15) is 58.3 Å². The first-order chi connectivity index (χ1) is 9.69. The van der Waals surface area contributed by atoms with E-state index in [9.17, 15) is 4.79 Å². The van der Waals surface area contributed by atoms with Gasteiger partial charge in [0.1, 0.15) is 0 Å². The van der Waals surface area contributed by atoms with E-state index in [1.54, 1.807) is 0 Å². The minimum atomic E-state index is 0.313.